The van der Waals surface area contributed by atoms with Crippen LogP contribution in [0.25, 0.3) is 0 Å². The molecule has 0 unspecified atom stereocenters. The van der Waals surface area contributed by atoms with E-state index in [4.69, 9.17) is 0 Å². The normalized spacial score (nSPS) is 14.4. The van der Waals surface area contributed by atoms with Crippen LogP contribution in [-0.4, -0.2) is 48.1 Å². The average molecular weight is 226 g/mol. The van der Waals surface area contributed by atoms with Gasteiger partial charge in [0.15, 0.2) is 0 Å². The summed E-state index contributed by atoms with van der Waals surface area (Å²) in [6.45, 7) is 15.5. The molecule has 0 radical (unpaired) electrons. The number of rotatable bonds is 4. The molecule has 0 aromatic heterocycles. The molecule has 96 valence electrons. The highest BCUT2D eigenvalue weighted by molar-refractivity contribution is 4.91. The first kappa shape index (κ1) is 15.7. The lowest BCUT2D eigenvalue weighted by Crippen LogP contribution is -2.39. The maximum atomic E-state index is 2.35. The molecule has 0 N–H and O–H groups in total. The van der Waals surface area contributed by atoms with Crippen molar-refractivity contribution in [1.82, 2.24) is 9.80 Å². The Hall–Kier alpha value is -0.340. The van der Waals surface area contributed by atoms with Crippen molar-refractivity contribution in [1.29, 1.82) is 0 Å². The summed E-state index contributed by atoms with van der Waals surface area (Å²) in [5.41, 5.74) is 0.501. The summed E-state index contributed by atoms with van der Waals surface area (Å²) < 4.78 is 0. The summed E-state index contributed by atoms with van der Waals surface area (Å²) in [5, 5.41) is 0. The molecule has 0 amide bonds. The molecule has 0 aromatic rings. The van der Waals surface area contributed by atoms with Crippen LogP contribution in [-0.2, 0) is 0 Å². The minimum Gasteiger partial charge on any atom is -0.298 e. The maximum absolute atomic E-state index is 2.35. The largest absolute Gasteiger partial charge is 0.298 e. The predicted molar refractivity (Wildman–Crippen MR) is 73.9 cm³/mol. The third-order valence-electron chi connectivity index (χ3n) is 3.22. The van der Waals surface area contributed by atoms with E-state index in [1.165, 1.54) is 0 Å². The molecule has 0 spiro atoms. The van der Waals surface area contributed by atoms with E-state index in [-0.39, 0.29) is 11.1 Å². The average Bonchev–Trinajstić information content (AvgIpc) is 2.08. The van der Waals surface area contributed by atoms with Crippen molar-refractivity contribution in [2.75, 3.05) is 27.2 Å². The van der Waals surface area contributed by atoms with Gasteiger partial charge in [-0.1, -0.05) is 12.2 Å². The Morgan fingerprint density at radius 2 is 0.938 bits per heavy atom. The number of likely N-dealkylation sites (N-methyl/N-ethyl adjacent to an activating group) is 2. The van der Waals surface area contributed by atoms with Crippen LogP contribution in [0.5, 0.6) is 0 Å². The van der Waals surface area contributed by atoms with E-state index in [0.717, 1.165) is 13.1 Å². The van der Waals surface area contributed by atoms with Gasteiger partial charge in [0.1, 0.15) is 0 Å². The van der Waals surface area contributed by atoms with Crippen molar-refractivity contribution in [2.45, 2.75) is 52.6 Å². The second kappa shape index (κ2) is 5.83. The fraction of sp³-hybridized carbons (Fsp3) is 0.857. The molecule has 2 heteroatoms. The molecule has 0 fully saturated rings. The van der Waals surface area contributed by atoms with Gasteiger partial charge in [-0.05, 0) is 55.6 Å². The Kier molecular flexibility index (Phi) is 5.71. The van der Waals surface area contributed by atoms with Gasteiger partial charge < -0.3 is 0 Å². The summed E-state index contributed by atoms with van der Waals surface area (Å²) in [6, 6.07) is 0. The highest BCUT2D eigenvalue weighted by Gasteiger charge is 2.16. The van der Waals surface area contributed by atoms with Crippen molar-refractivity contribution < 1.29 is 0 Å². The fourth-order valence-corrected chi connectivity index (χ4v) is 1.01. The SMILES string of the molecule is CN(C/C=C/CN(C)C(C)(C)C)C(C)(C)C. The summed E-state index contributed by atoms with van der Waals surface area (Å²) in [6.07, 6.45) is 4.51. The van der Waals surface area contributed by atoms with Crippen molar-refractivity contribution in [2.24, 2.45) is 0 Å². The van der Waals surface area contributed by atoms with Crippen molar-refractivity contribution in [3.63, 3.8) is 0 Å². The summed E-state index contributed by atoms with van der Waals surface area (Å²) in [4.78, 5) is 4.70. The van der Waals surface area contributed by atoms with Crippen LogP contribution >= 0.6 is 0 Å². The molecule has 0 saturated heterocycles. The highest BCUT2D eigenvalue weighted by atomic mass is 15.2. The monoisotopic (exact) mass is 226 g/mol. The molecule has 0 aliphatic heterocycles. The first-order chi connectivity index (χ1) is 7.05. The van der Waals surface area contributed by atoms with Gasteiger partial charge >= 0.3 is 0 Å². The third-order valence-corrected chi connectivity index (χ3v) is 3.22. The Morgan fingerprint density at radius 3 is 1.12 bits per heavy atom. The number of hydrogen-bond donors (Lipinski definition) is 0. The van der Waals surface area contributed by atoms with Crippen LogP contribution in [0.15, 0.2) is 12.2 Å². The standard InChI is InChI=1S/C14H30N2/c1-13(2,3)15(7)11-9-10-12-16(8)14(4,5)6/h9-10H,11-12H2,1-8H3/b10-9+. The van der Waals surface area contributed by atoms with Gasteiger partial charge in [0.2, 0.25) is 0 Å². The van der Waals surface area contributed by atoms with E-state index in [9.17, 15) is 0 Å². The van der Waals surface area contributed by atoms with Gasteiger partial charge in [-0.25, -0.2) is 0 Å². The first-order valence-electron chi connectivity index (χ1n) is 6.12. The van der Waals surface area contributed by atoms with Crippen LogP contribution < -0.4 is 0 Å². The minimum atomic E-state index is 0.250. The molecule has 0 aliphatic carbocycles. The quantitative estimate of drug-likeness (QED) is 0.680. The second-order valence-electron chi connectivity index (χ2n) is 6.57. The second-order valence-corrected chi connectivity index (χ2v) is 6.57. The highest BCUT2D eigenvalue weighted by Crippen LogP contribution is 2.11. The molecule has 0 heterocycles. The van der Waals surface area contributed by atoms with E-state index in [1.54, 1.807) is 0 Å². The number of hydrogen-bond acceptors (Lipinski definition) is 2. The molecule has 2 nitrogen and oxygen atoms in total. The number of nitrogens with zero attached hydrogens (tertiary/aromatic N) is 2. The van der Waals surface area contributed by atoms with Gasteiger partial charge in [-0.2, -0.15) is 0 Å². The van der Waals surface area contributed by atoms with E-state index < -0.39 is 0 Å². The van der Waals surface area contributed by atoms with Gasteiger partial charge in [0.25, 0.3) is 0 Å². The molecule has 0 saturated carbocycles. The van der Waals surface area contributed by atoms with Gasteiger partial charge in [0.05, 0.1) is 0 Å². The smallest absolute Gasteiger partial charge is 0.0165 e. The lowest BCUT2D eigenvalue weighted by Gasteiger charge is -2.32. The lowest BCUT2D eigenvalue weighted by atomic mass is 10.1. The predicted octanol–water partition coefficient (Wildman–Crippen LogP) is 3.00. The van der Waals surface area contributed by atoms with E-state index in [1.807, 2.05) is 0 Å². The van der Waals surface area contributed by atoms with Gasteiger partial charge in [0, 0.05) is 24.2 Å². The van der Waals surface area contributed by atoms with Crippen LogP contribution in [0.2, 0.25) is 0 Å². The molecule has 0 bridgehead atoms. The van der Waals surface area contributed by atoms with Gasteiger partial charge in [-0.15, -0.1) is 0 Å². The van der Waals surface area contributed by atoms with E-state index in [2.05, 4.69) is 77.6 Å². The molecular weight excluding hydrogens is 196 g/mol. The molecule has 0 atom stereocenters. The van der Waals surface area contributed by atoms with Crippen molar-refractivity contribution >= 4 is 0 Å². The van der Waals surface area contributed by atoms with Crippen LogP contribution in [0.1, 0.15) is 41.5 Å². The van der Waals surface area contributed by atoms with Gasteiger partial charge in [-0.3, -0.25) is 9.80 Å². The molecule has 0 rings (SSSR count). The summed E-state index contributed by atoms with van der Waals surface area (Å²) in [5.74, 6) is 0. The Balaban J connectivity index is 3.96. The van der Waals surface area contributed by atoms with E-state index in [0.29, 0.717) is 0 Å². The molecule has 0 aliphatic rings. The van der Waals surface area contributed by atoms with Crippen molar-refractivity contribution in [3.8, 4) is 0 Å². The molecule has 0 aromatic carbocycles. The topological polar surface area (TPSA) is 6.48 Å². The van der Waals surface area contributed by atoms with Crippen molar-refractivity contribution in [3.05, 3.63) is 12.2 Å². The Morgan fingerprint density at radius 1 is 0.688 bits per heavy atom. The molecule has 16 heavy (non-hydrogen) atoms. The maximum Gasteiger partial charge on any atom is 0.0165 e. The third kappa shape index (κ3) is 6.29. The summed E-state index contributed by atoms with van der Waals surface area (Å²) >= 11 is 0. The Bertz CT molecular complexity index is 194. The van der Waals surface area contributed by atoms with E-state index >= 15 is 0 Å². The van der Waals surface area contributed by atoms with Crippen LogP contribution in [0.4, 0.5) is 0 Å². The lowest BCUT2D eigenvalue weighted by molar-refractivity contribution is 0.190. The van der Waals surface area contributed by atoms with Crippen LogP contribution in [0.3, 0.4) is 0 Å². The minimum absolute atomic E-state index is 0.250. The fourth-order valence-electron chi connectivity index (χ4n) is 1.01. The summed E-state index contributed by atoms with van der Waals surface area (Å²) in [7, 11) is 4.33. The molecular formula is C14H30N2. The first-order valence-corrected chi connectivity index (χ1v) is 6.12. The zero-order valence-corrected chi connectivity index (χ0v) is 12.5. The zero-order chi connectivity index (χ0) is 13.0. The van der Waals surface area contributed by atoms with Crippen LogP contribution in [0, 0.1) is 0 Å². The Labute approximate surface area is 102 Å². The zero-order valence-electron chi connectivity index (χ0n) is 12.5.